The molecule has 2 aromatic carbocycles. The lowest BCUT2D eigenvalue weighted by Crippen LogP contribution is -2.07. The molecule has 0 fully saturated rings. The number of hydrogen-bond donors (Lipinski definition) is 1. The molecule has 0 saturated heterocycles. The van der Waals surface area contributed by atoms with Crippen LogP contribution in [-0.2, 0) is 0 Å². The maximum absolute atomic E-state index is 12.6. The van der Waals surface area contributed by atoms with Crippen LogP contribution in [0.2, 0.25) is 0 Å². The third-order valence-electron chi connectivity index (χ3n) is 3.71. The summed E-state index contributed by atoms with van der Waals surface area (Å²) in [5, 5.41) is 0.435. The van der Waals surface area contributed by atoms with Crippen LogP contribution in [0, 0.1) is 0 Å². The Morgan fingerprint density at radius 1 is 0.870 bits per heavy atom. The van der Waals surface area contributed by atoms with Crippen molar-refractivity contribution in [1.29, 1.82) is 0 Å². The van der Waals surface area contributed by atoms with E-state index in [4.69, 9.17) is 14.2 Å². The number of hydrogen-bond acceptors (Lipinski definition) is 4. The average Bonchev–Trinajstić information content (AvgIpc) is 2.60. The van der Waals surface area contributed by atoms with Gasteiger partial charge in [-0.05, 0) is 5.56 Å². The highest BCUT2D eigenvalue weighted by Gasteiger charge is 2.19. The second-order valence-corrected chi connectivity index (χ2v) is 4.98. The number of benzene rings is 2. The Kier molecular flexibility index (Phi) is 3.93. The second kappa shape index (κ2) is 6.04. The molecule has 0 amide bonds. The molecule has 0 aliphatic heterocycles. The SMILES string of the molecule is COc1cc2[nH]c(-c3ccccc3)cc(=O)c2c(OC)c1OC. The fourth-order valence-corrected chi connectivity index (χ4v) is 2.66. The van der Waals surface area contributed by atoms with E-state index in [-0.39, 0.29) is 5.43 Å². The van der Waals surface area contributed by atoms with Crippen molar-refractivity contribution in [1.82, 2.24) is 4.98 Å². The second-order valence-electron chi connectivity index (χ2n) is 4.98. The maximum Gasteiger partial charge on any atom is 0.204 e. The van der Waals surface area contributed by atoms with Crippen LogP contribution in [-0.4, -0.2) is 26.3 Å². The molecule has 5 heteroatoms. The van der Waals surface area contributed by atoms with Gasteiger partial charge in [0.1, 0.15) is 0 Å². The number of nitrogens with one attached hydrogen (secondary N) is 1. The van der Waals surface area contributed by atoms with Gasteiger partial charge in [-0.15, -0.1) is 0 Å². The van der Waals surface area contributed by atoms with Gasteiger partial charge in [0.25, 0.3) is 0 Å². The number of ether oxygens (including phenoxy) is 3. The number of fused-ring (bicyclic) bond motifs is 1. The van der Waals surface area contributed by atoms with E-state index in [9.17, 15) is 4.79 Å². The molecular weight excluding hydrogens is 294 g/mol. The van der Waals surface area contributed by atoms with Crippen LogP contribution in [0.4, 0.5) is 0 Å². The number of H-pyrrole nitrogens is 1. The molecule has 0 radical (unpaired) electrons. The van der Waals surface area contributed by atoms with Crippen LogP contribution >= 0.6 is 0 Å². The van der Waals surface area contributed by atoms with E-state index in [1.54, 1.807) is 19.2 Å². The third-order valence-corrected chi connectivity index (χ3v) is 3.71. The minimum atomic E-state index is -0.143. The number of rotatable bonds is 4. The number of pyridine rings is 1. The largest absolute Gasteiger partial charge is 0.493 e. The Morgan fingerprint density at radius 2 is 1.57 bits per heavy atom. The van der Waals surface area contributed by atoms with Gasteiger partial charge in [0.2, 0.25) is 5.75 Å². The summed E-state index contributed by atoms with van der Waals surface area (Å²) in [6.45, 7) is 0. The number of aromatic nitrogens is 1. The van der Waals surface area contributed by atoms with Gasteiger partial charge in [0, 0.05) is 17.8 Å². The van der Waals surface area contributed by atoms with Gasteiger partial charge < -0.3 is 19.2 Å². The highest BCUT2D eigenvalue weighted by atomic mass is 16.5. The lowest BCUT2D eigenvalue weighted by Gasteiger charge is -2.15. The summed E-state index contributed by atoms with van der Waals surface area (Å²) in [4.78, 5) is 15.9. The van der Waals surface area contributed by atoms with Crippen molar-refractivity contribution in [3.63, 3.8) is 0 Å². The molecule has 0 saturated carbocycles. The summed E-state index contributed by atoms with van der Waals surface area (Å²) in [6, 6.07) is 13.0. The summed E-state index contributed by atoms with van der Waals surface area (Å²) in [5.41, 5.74) is 2.15. The average molecular weight is 311 g/mol. The van der Waals surface area contributed by atoms with Gasteiger partial charge in [-0.3, -0.25) is 4.79 Å². The van der Waals surface area contributed by atoms with Crippen LogP contribution < -0.4 is 19.6 Å². The normalized spacial score (nSPS) is 10.6. The zero-order chi connectivity index (χ0) is 16.4. The Labute approximate surface area is 133 Å². The third kappa shape index (κ3) is 2.50. The quantitative estimate of drug-likeness (QED) is 0.803. The molecule has 3 rings (SSSR count). The Morgan fingerprint density at radius 3 is 2.17 bits per heavy atom. The van der Waals surface area contributed by atoms with Crippen molar-refractivity contribution in [2.24, 2.45) is 0 Å². The van der Waals surface area contributed by atoms with Gasteiger partial charge in [-0.25, -0.2) is 0 Å². The molecule has 1 aromatic heterocycles. The van der Waals surface area contributed by atoms with Crippen molar-refractivity contribution in [2.75, 3.05) is 21.3 Å². The predicted molar refractivity (Wildman–Crippen MR) is 89.7 cm³/mol. The van der Waals surface area contributed by atoms with E-state index in [1.165, 1.54) is 14.2 Å². The zero-order valence-electron chi connectivity index (χ0n) is 13.2. The minimum Gasteiger partial charge on any atom is -0.493 e. The molecule has 5 nitrogen and oxygen atoms in total. The molecule has 1 heterocycles. The van der Waals surface area contributed by atoms with Gasteiger partial charge in [0.15, 0.2) is 16.9 Å². The first-order valence-corrected chi connectivity index (χ1v) is 7.11. The highest BCUT2D eigenvalue weighted by molar-refractivity contribution is 5.91. The molecule has 0 bridgehead atoms. The number of methoxy groups -OCH3 is 3. The van der Waals surface area contributed by atoms with E-state index in [2.05, 4.69) is 4.98 Å². The van der Waals surface area contributed by atoms with E-state index < -0.39 is 0 Å². The number of aromatic amines is 1. The van der Waals surface area contributed by atoms with E-state index in [0.29, 0.717) is 28.2 Å². The van der Waals surface area contributed by atoms with Crippen LogP contribution in [0.5, 0.6) is 17.2 Å². The summed E-state index contributed by atoms with van der Waals surface area (Å²) in [6.07, 6.45) is 0. The zero-order valence-corrected chi connectivity index (χ0v) is 13.2. The van der Waals surface area contributed by atoms with Crippen molar-refractivity contribution in [2.45, 2.75) is 0 Å². The maximum atomic E-state index is 12.6. The molecule has 0 spiro atoms. The summed E-state index contributed by atoms with van der Waals surface area (Å²) >= 11 is 0. The molecule has 23 heavy (non-hydrogen) atoms. The van der Waals surface area contributed by atoms with Crippen LogP contribution in [0.15, 0.2) is 47.3 Å². The molecule has 3 aromatic rings. The Hall–Kier alpha value is -2.95. The lowest BCUT2D eigenvalue weighted by atomic mass is 10.1. The Balaban J connectivity index is 2.36. The summed E-state index contributed by atoms with van der Waals surface area (Å²) < 4.78 is 16.1. The summed E-state index contributed by atoms with van der Waals surface area (Å²) in [5.74, 6) is 1.26. The Bertz CT molecular complexity index is 900. The molecule has 0 aliphatic rings. The predicted octanol–water partition coefficient (Wildman–Crippen LogP) is 3.22. The minimum absolute atomic E-state index is 0.143. The standard InChI is InChI=1S/C18H17NO4/c1-21-15-10-13-16(18(23-3)17(15)22-2)14(20)9-12(19-13)11-7-5-4-6-8-11/h4-10H,1-3H3,(H,19,20). The van der Waals surface area contributed by atoms with Crippen LogP contribution in [0.1, 0.15) is 0 Å². The first-order valence-electron chi connectivity index (χ1n) is 7.11. The summed E-state index contributed by atoms with van der Waals surface area (Å²) in [7, 11) is 4.56. The monoisotopic (exact) mass is 311 g/mol. The molecule has 0 unspecified atom stereocenters. The van der Waals surface area contributed by atoms with E-state index >= 15 is 0 Å². The van der Waals surface area contributed by atoms with Gasteiger partial charge in [0.05, 0.1) is 32.2 Å². The highest BCUT2D eigenvalue weighted by Crippen LogP contribution is 2.41. The van der Waals surface area contributed by atoms with Gasteiger partial charge in [-0.2, -0.15) is 0 Å². The van der Waals surface area contributed by atoms with Crippen molar-refractivity contribution in [3.8, 4) is 28.5 Å². The topological polar surface area (TPSA) is 60.6 Å². The molecular formula is C18H17NO4. The molecule has 0 atom stereocenters. The van der Waals surface area contributed by atoms with E-state index in [1.807, 2.05) is 30.3 Å². The van der Waals surface area contributed by atoms with Crippen molar-refractivity contribution >= 4 is 10.9 Å². The van der Waals surface area contributed by atoms with E-state index in [0.717, 1.165) is 11.3 Å². The van der Waals surface area contributed by atoms with Crippen LogP contribution in [0.25, 0.3) is 22.2 Å². The van der Waals surface area contributed by atoms with Crippen molar-refractivity contribution in [3.05, 3.63) is 52.7 Å². The smallest absolute Gasteiger partial charge is 0.204 e. The first kappa shape index (κ1) is 15.0. The fraction of sp³-hybridized carbons (Fsp3) is 0.167. The van der Waals surface area contributed by atoms with Gasteiger partial charge in [-0.1, -0.05) is 30.3 Å². The lowest BCUT2D eigenvalue weighted by molar-refractivity contribution is 0.327. The fourth-order valence-electron chi connectivity index (χ4n) is 2.66. The molecule has 118 valence electrons. The van der Waals surface area contributed by atoms with Gasteiger partial charge >= 0.3 is 0 Å². The first-order chi connectivity index (χ1) is 11.2. The van der Waals surface area contributed by atoms with Crippen LogP contribution in [0.3, 0.4) is 0 Å². The molecule has 1 N–H and O–H groups in total. The van der Waals surface area contributed by atoms with Crippen molar-refractivity contribution < 1.29 is 14.2 Å². The molecule has 0 aliphatic carbocycles.